The summed E-state index contributed by atoms with van der Waals surface area (Å²) in [4.78, 5) is 3.75. The molecule has 0 unspecified atom stereocenters. The molecule has 0 aliphatic carbocycles. The second-order valence-electron chi connectivity index (χ2n) is 11.6. The maximum atomic E-state index is 13.7. The Morgan fingerprint density at radius 1 is 0.680 bits per heavy atom. The van der Waals surface area contributed by atoms with E-state index in [1.165, 1.54) is 15.1 Å². The van der Waals surface area contributed by atoms with Crippen molar-refractivity contribution in [2.75, 3.05) is 54.6 Å². The van der Waals surface area contributed by atoms with Gasteiger partial charge in [-0.05, 0) is 49.5 Å². The number of methoxy groups -OCH3 is 2. The molecule has 2 aromatic carbocycles. The van der Waals surface area contributed by atoms with E-state index in [0.717, 1.165) is 22.5 Å². The molecule has 2 aromatic heterocycles. The molecule has 0 radical (unpaired) electrons. The van der Waals surface area contributed by atoms with Gasteiger partial charge in [-0.25, -0.2) is 22.0 Å². The number of rotatable bonds is 17. The third-order valence-corrected chi connectivity index (χ3v) is 10.1. The standard InChI is InChI=1S/C24H32N4O5S.C8H16N4O3S/c1-26(13-14-29)18-21-15-24(25-27(21)2)34(30,31)28(16-19-5-9-22(32-3)10-6-19)17-20-7-11-23(33-4)12-8-20;1-11(3-4-13)6-7-5-8(10-12(7)2)16(9,14)15/h5-12,15,29H,13-14,16-18H2,1-4H3;5,13H,3-4,6H2,1-2H3,(H2,9,14,15). The summed E-state index contributed by atoms with van der Waals surface area (Å²) >= 11 is 0. The first-order chi connectivity index (χ1) is 23.6. The number of primary sulfonamides is 1. The molecule has 4 aromatic rings. The van der Waals surface area contributed by atoms with Crippen LogP contribution in [0.2, 0.25) is 0 Å². The van der Waals surface area contributed by atoms with Gasteiger partial charge < -0.3 is 19.7 Å². The smallest absolute Gasteiger partial charge is 0.262 e. The topological polar surface area (TPSA) is 199 Å². The number of aromatic nitrogens is 4. The van der Waals surface area contributed by atoms with Gasteiger partial charge in [-0.1, -0.05) is 24.3 Å². The summed E-state index contributed by atoms with van der Waals surface area (Å²) in [5.74, 6) is 1.41. The average Bonchev–Trinajstić information content (AvgIpc) is 3.63. The number of benzene rings is 2. The molecule has 0 atom stereocenters. The monoisotopic (exact) mass is 736 g/mol. The van der Waals surface area contributed by atoms with Crippen molar-refractivity contribution in [3.8, 4) is 11.5 Å². The fourth-order valence-electron chi connectivity index (χ4n) is 4.79. The Hall–Kier alpha value is -3.88. The van der Waals surface area contributed by atoms with E-state index in [9.17, 15) is 16.8 Å². The molecular formula is C32H48N8O8S2. The number of aliphatic hydroxyl groups is 2. The Labute approximate surface area is 294 Å². The lowest BCUT2D eigenvalue weighted by molar-refractivity contribution is 0.214. The zero-order chi connectivity index (χ0) is 37.1. The summed E-state index contributed by atoms with van der Waals surface area (Å²) in [6.07, 6.45) is 0. The van der Waals surface area contributed by atoms with Crippen molar-refractivity contribution in [1.82, 2.24) is 33.7 Å². The van der Waals surface area contributed by atoms with Crippen LogP contribution in [0.15, 0.2) is 70.7 Å². The second kappa shape index (κ2) is 18.4. The van der Waals surface area contributed by atoms with Gasteiger partial charge in [0.2, 0.25) is 0 Å². The Morgan fingerprint density at radius 3 is 1.40 bits per heavy atom. The fraction of sp³-hybridized carbons (Fsp3) is 0.438. The fourth-order valence-corrected chi connectivity index (χ4v) is 6.74. The quantitative estimate of drug-likeness (QED) is 0.138. The highest BCUT2D eigenvalue weighted by Gasteiger charge is 2.29. The maximum Gasteiger partial charge on any atom is 0.262 e. The summed E-state index contributed by atoms with van der Waals surface area (Å²) in [7, 11) is 2.57. The third-order valence-electron chi connectivity index (χ3n) is 7.67. The number of hydrogen-bond donors (Lipinski definition) is 3. The number of ether oxygens (including phenoxy) is 2. The van der Waals surface area contributed by atoms with Crippen molar-refractivity contribution in [2.24, 2.45) is 19.2 Å². The summed E-state index contributed by atoms with van der Waals surface area (Å²) in [6, 6.07) is 17.7. The van der Waals surface area contributed by atoms with Crippen LogP contribution >= 0.6 is 0 Å². The third kappa shape index (κ3) is 11.6. The summed E-state index contributed by atoms with van der Waals surface area (Å²) in [5.41, 5.74) is 3.12. The zero-order valence-electron chi connectivity index (χ0n) is 29.3. The Balaban J connectivity index is 0.000000354. The number of nitrogens with zero attached hydrogens (tertiary/aromatic N) is 7. The molecule has 18 heteroatoms. The lowest BCUT2D eigenvalue weighted by Crippen LogP contribution is -2.30. The van der Waals surface area contributed by atoms with Crippen molar-refractivity contribution in [1.29, 1.82) is 0 Å². The highest BCUT2D eigenvalue weighted by atomic mass is 32.2. The molecule has 0 fully saturated rings. The van der Waals surface area contributed by atoms with E-state index >= 15 is 0 Å². The van der Waals surface area contributed by atoms with Crippen molar-refractivity contribution in [3.63, 3.8) is 0 Å². The molecule has 0 amide bonds. The molecule has 2 heterocycles. The van der Waals surface area contributed by atoms with Gasteiger partial charge in [0, 0.05) is 65.5 Å². The van der Waals surface area contributed by atoms with Gasteiger partial charge in [0.15, 0.2) is 10.1 Å². The molecule has 16 nitrogen and oxygen atoms in total. The van der Waals surface area contributed by atoms with Gasteiger partial charge in [0.25, 0.3) is 20.0 Å². The summed E-state index contributed by atoms with van der Waals surface area (Å²) < 4.78 is 64.4. The molecule has 0 saturated heterocycles. The van der Waals surface area contributed by atoms with E-state index < -0.39 is 20.0 Å². The Bertz CT molecular complexity index is 1810. The minimum Gasteiger partial charge on any atom is -0.497 e. The number of likely N-dealkylation sites (N-methyl/N-ethyl adjacent to an activating group) is 2. The summed E-state index contributed by atoms with van der Waals surface area (Å²) in [5, 5.41) is 30.8. The van der Waals surface area contributed by atoms with Crippen molar-refractivity contribution in [2.45, 2.75) is 36.2 Å². The van der Waals surface area contributed by atoms with Gasteiger partial charge in [0.1, 0.15) is 11.5 Å². The average molecular weight is 737 g/mol. The van der Waals surface area contributed by atoms with Gasteiger partial charge in [-0.2, -0.15) is 14.5 Å². The highest BCUT2D eigenvalue weighted by Crippen LogP contribution is 2.24. The lowest BCUT2D eigenvalue weighted by Gasteiger charge is -2.21. The lowest BCUT2D eigenvalue weighted by atomic mass is 10.2. The molecule has 4 N–H and O–H groups in total. The van der Waals surface area contributed by atoms with Crippen LogP contribution in [0, 0.1) is 0 Å². The molecule has 276 valence electrons. The molecule has 4 rings (SSSR count). The molecule has 0 bridgehead atoms. The summed E-state index contributed by atoms with van der Waals surface area (Å²) in [6.45, 7) is 2.39. The first-order valence-corrected chi connectivity index (χ1v) is 18.5. The predicted molar refractivity (Wildman–Crippen MR) is 187 cm³/mol. The van der Waals surface area contributed by atoms with Crippen LogP contribution in [0.1, 0.15) is 22.5 Å². The normalized spacial score (nSPS) is 12.0. The SMILES string of the molecule is CN(CCO)Cc1cc(S(N)(=O)=O)nn1C.COc1ccc(CN(Cc2ccc(OC)cc2)S(=O)(=O)c2cc(CN(C)CCO)n(C)n2)cc1. The van der Waals surface area contributed by atoms with Crippen LogP contribution in [-0.4, -0.2) is 115 Å². The van der Waals surface area contributed by atoms with Crippen molar-refractivity contribution in [3.05, 3.63) is 83.2 Å². The first kappa shape index (κ1) is 40.5. The van der Waals surface area contributed by atoms with Crippen LogP contribution < -0.4 is 14.6 Å². The van der Waals surface area contributed by atoms with Crippen molar-refractivity contribution >= 4 is 20.0 Å². The number of aryl methyl sites for hydroxylation is 2. The van der Waals surface area contributed by atoms with Crippen LogP contribution in [0.5, 0.6) is 11.5 Å². The van der Waals surface area contributed by atoms with E-state index in [0.29, 0.717) is 37.7 Å². The van der Waals surface area contributed by atoms with E-state index in [4.69, 9.17) is 24.8 Å². The molecule has 0 spiro atoms. The highest BCUT2D eigenvalue weighted by molar-refractivity contribution is 7.89. The molecule has 0 aliphatic rings. The maximum absolute atomic E-state index is 13.7. The zero-order valence-corrected chi connectivity index (χ0v) is 30.9. The van der Waals surface area contributed by atoms with E-state index in [1.54, 1.807) is 39.1 Å². The minimum atomic E-state index is -3.91. The predicted octanol–water partition coefficient (Wildman–Crippen LogP) is 0.744. The first-order valence-electron chi connectivity index (χ1n) is 15.5. The van der Waals surface area contributed by atoms with Crippen LogP contribution in [0.4, 0.5) is 0 Å². The van der Waals surface area contributed by atoms with E-state index in [1.807, 2.05) is 72.4 Å². The van der Waals surface area contributed by atoms with Crippen LogP contribution in [0.25, 0.3) is 0 Å². The molecular weight excluding hydrogens is 689 g/mol. The Morgan fingerprint density at radius 2 is 1.06 bits per heavy atom. The molecule has 50 heavy (non-hydrogen) atoms. The van der Waals surface area contributed by atoms with E-state index in [-0.39, 0.29) is 36.4 Å². The Kier molecular flexibility index (Phi) is 14.9. The number of sulfonamides is 2. The van der Waals surface area contributed by atoms with Crippen LogP contribution in [0.3, 0.4) is 0 Å². The van der Waals surface area contributed by atoms with Crippen LogP contribution in [-0.2, 0) is 60.3 Å². The largest absolute Gasteiger partial charge is 0.497 e. The molecule has 0 saturated carbocycles. The van der Waals surface area contributed by atoms with E-state index in [2.05, 4.69) is 10.2 Å². The van der Waals surface area contributed by atoms with Gasteiger partial charge in [0.05, 0.1) is 38.8 Å². The number of nitrogens with two attached hydrogens (primary N) is 1. The van der Waals surface area contributed by atoms with Crippen molar-refractivity contribution < 1.29 is 36.5 Å². The van der Waals surface area contributed by atoms with Gasteiger partial charge >= 0.3 is 0 Å². The van der Waals surface area contributed by atoms with Gasteiger partial charge in [-0.15, -0.1) is 0 Å². The number of hydrogen-bond acceptors (Lipinski definition) is 12. The number of aliphatic hydroxyl groups excluding tert-OH is 2. The van der Waals surface area contributed by atoms with Gasteiger partial charge in [-0.3, -0.25) is 19.2 Å². The minimum absolute atomic E-state index is 0.00979. The molecule has 0 aliphatic heterocycles. The second-order valence-corrected chi connectivity index (χ2v) is 15.0.